The van der Waals surface area contributed by atoms with Gasteiger partial charge in [0, 0.05) is 19.5 Å². The van der Waals surface area contributed by atoms with Gasteiger partial charge in [-0.15, -0.1) is 10.1 Å². The van der Waals surface area contributed by atoms with Gasteiger partial charge in [-0.3, -0.25) is 0 Å². The van der Waals surface area contributed by atoms with Crippen LogP contribution in [-0.4, -0.2) is 26.2 Å². The van der Waals surface area contributed by atoms with E-state index in [4.69, 9.17) is 0 Å². The molecule has 0 saturated carbocycles. The number of hydrogen-bond acceptors (Lipinski definition) is 0. The molecule has 0 atom stereocenters. The third-order valence-corrected chi connectivity index (χ3v) is 9.20. The molecule has 132 valence electrons. The Labute approximate surface area is 153 Å². The minimum atomic E-state index is -3.62. The molecule has 0 heterocycles. The van der Waals surface area contributed by atoms with Gasteiger partial charge < -0.3 is 14.7 Å². The molecule has 0 aliphatic heterocycles. The molecule has 0 bridgehead atoms. The molecule has 0 aliphatic rings. The molecule has 3 N–H and O–H groups in total. The first-order valence-electron chi connectivity index (χ1n) is 8.77. The molecular formula is C16H37O3PSZn. The minimum Gasteiger partial charge on any atom is -0.329 e. The van der Waals surface area contributed by atoms with Gasteiger partial charge in [-0.05, 0) is 24.3 Å². The van der Waals surface area contributed by atoms with Gasteiger partial charge in [-0.25, -0.2) is 0 Å². The second kappa shape index (κ2) is 17.1. The minimum absolute atomic E-state index is 0. The molecule has 0 aromatic carbocycles. The van der Waals surface area contributed by atoms with Crippen LogP contribution in [0.3, 0.4) is 0 Å². The van der Waals surface area contributed by atoms with Crippen molar-refractivity contribution in [2.75, 3.05) is 11.5 Å². The average Bonchev–Trinajstić information content (AvgIpc) is 2.42. The van der Waals surface area contributed by atoms with E-state index in [1.165, 1.54) is 51.4 Å². The molecule has 0 radical (unpaired) electrons. The van der Waals surface area contributed by atoms with E-state index in [0.717, 1.165) is 37.2 Å². The fourth-order valence-corrected chi connectivity index (χ4v) is 6.46. The smallest absolute Gasteiger partial charge is 0.277 e. The van der Waals surface area contributed by atoms with Crippen LogP contribution in [0.1, 0.15) is 90.9 Å². The predicted octanol–water partition coefficient (Wildman–Crippen LogP) is 4.98. The molecule has 0 rings (SSSR count). The molecule has 0 amide bonds. The van der Waals surface area contributed by atoms with Gasteiger partial charge in [0.1, 0.15) is 0 Å². The first-order valence-corrected chi connectivity index (χ1v) is 12.6. The number of hydrogen-bond donors (Lipinski definition) is 3. The molecule has 0 fully saturated rings. The van der Waals surface area contributed by atoms with E-state index in [1.807, 2.05) is 0 Å². The molecule has 0 aromatic rings. The van der Waals surface area contributed by atoms with Crippen molar-refractivity contribution in [3.63, 3.8) is 0 Å². The Hall–Kier alpha value is 1.28. The van der Waals surface area contributed by atoms with Gasteiger partial charge in [-0.2, -0.15) is 0 Å². The van der Waals surface area contributed by atoms with Crippen LogP contribution in [0, 0.1) is 0 Å². The summed E-state index contributed by atoms with van der Waals surface area (Å²) < 4.78 is 0. The summed E-state index contributed by atoms with van der Waals surface area (Å²) in [7, 11) is -0.578. The summed E-state index contributed by atoms with van der Waals surface area (Å²) in [5.41, 5.74) is 0. The Balaban J connectivity index is 0. The number of unbranched alkanes of at least 4 members (excludes halogenated alkanes) is 10. The van der Waals surface area contributed by atoms with E-state index in [-0.39, 0.29) is 19.5 Å². The Morgan fingerprint density at radius 1 is 0.591 bits per heavy atom. The molecule has 0 aromatic heterocycles. The van der Waals surface area contributed by atoms with Gasteiger partial charge in [-0.1, -0.05) is 78.1 Å². The van der Waals surface area contributed by atoms with Crippen molar-refractivity contribution in [3.05, 3.63) is 0 Å². The van der Waals surface area contributed by atoms with Crippen LogP contribution < -0.4 is 0 Å². The first-order chi connectivity index (χ1) is 10.0. The first kappa shape index (κ1) is 25.5. The van der Waals surface area contributed by atoms with Crippen LogP contribution in [0.15, 0.2) is 0 Å². The van der Waals surface area contributed by atoms with Gasteiger partial charge in [0.2, 0.25) is 0 Å². The molecule has 22 heavy (non-hydrogen) atoms. The summed E-state index contributed by atoms with van der Waals surface area (Å²) in [6.07, 6.45) is 14.4. The summed E-state index contributed by atoms with van der Waals surface area (Å²) in [4.78, 5) is 28.8. The third-order valence-electron chi connectivity index (χ3n) is 3.81. The molecular weight excluding hydrogens is 369 g/mol. The molecule has 0 unspecified atom stereocenters. The van der Waals surface area contributed by atoms with Crippen molar-refractivity contribution in [3.8, 4) is 0 Å². The quantitative estimate of drug-likeness (QED) is 0.217. The van der Waals surface area contributed by atoms with Gasteiger partial charge in [0.05, 0.1) is 0 Å². The topological polar surface area (TPSA) is 60.7 Å². The summed E-state index contributed by atoms with van der Waals surface area (Å²) in [6, 6.07) is 0. The molecule has 0 saturated heterocycles. The van der Waals surface area contributed by atoms with Crippen molar-refractivity contribution in [2.24, 2.45) is 0 Å². The zero-order valence-corrected chi connectivity index (χ0v) is 19.5. The fourth-order valence-electron chi connectivity index (χ4n) is 2.45. The molecule has 0 aliphatic carbocycles. The molecule has 6 heteroatoms. The van der Waals surface area contributed by atoms with E-state index in [2.05, 4.69) is 13.8 Å². The summed E-state index contributed by atoms with van der Waals surface area (Å²) in [6.45, 7) is 0.796. The van der Waals surface area contributed by atoms with Gasteiger partial charge >= 0.3 is 0 Å². The van der Waals surface area contributed by atoms with Crippen molar-refractivity contribution in [1.29, 1.82) is 0 Å². The Bertz CT molecular complexity index is 269. The van der Waals surface area contributed by atoms with E-state index < -0.39 is 16.8 Å². The Morgan fingerprint density at radius 2 is 0.909 bits per heavy atom. The van der Waals surface area contributed by atoms with E-state index >= 15 is 0 Å². The zero-order valence-electron chi connectivity index (χ0n) is 14.8. The third kappa shape index (κ3) is 16.2. The van der Waals surface area contributed by atoms with E-state index in [0.29, 0.717) is 0 Å². The SMILES string of the molecule is CCCCCCCCS(CCCCCCCC)=P(O)(O)O.[Zn]. The average molecular weight is 406 g/mol. The van der Waals surface area contributed by atoms with E-state index in [9.17, 15) is 14.7 Å². The molecule has 3 nitrogen and oxygen atoms in total. The summed E-state index contributed by atoms with van der Waals surface area (Å²) in [5.74, 6) is 1.58. The standard InChI is InChI=1S/C16H37O3PS.Zn/c1-3-5-7-9-11-13-15-21(20(17,18)19)16-14-12-10-8-6-4-2;/h17-19H,3-16H2,1-2H3;. The fraction of sp³-hybridized carbons (Fsp3) is 1.00. The monoisotopic (exact) mass is 404 g/mol. The normalized spacial score (nSPS) is 11.7. The summed E-state index contributed by atoms with van der Waals surface area (Å²) in [5, 5.41) is 0. The van der Waals surface area contributed by atoms with Crippen LogP contribution in [0.2, 0.25) is 0 Å². The largest absolute Gasteiger partial charge is 0.329 e. The summed E-state index contributed by atoms with van der Waals surface area (Å²) >= 11 is 0. The predicted molar refractivity (Wildman–Crippen MR) is 97.4 cm³/mol. The maximum absolute atomic E-state index is 9.59. The van der Waals surface area contributed by atoms with Crippen molar-refractivity contribution >= 4 is 16.8 Å². The second-order valence-corrected chi connectivity index (χ2v) is 11.7. The van der Waals surface area contributed by atoms with Crippen LogP contribution in [0.25, 0.3) is 0 Å². The van der Waals surface area contributed by atoms with Crippen LogP contribution >= 0.6 is 6.72 Å². The Kier molecular flexibility index (Phi) is 19.9. The van der Waals surface area contributed by atoms with Gasteiger partial charge in [0.15, 0.2) is 0 Å². The Morgan fingerprint density at radius 3 is 1.23 bits per heavy atom. The van der Waals surface area contributed by atoms with Crippen molar-refractivity contribution < 1.29 is 34.2 Å². The van der Waals surface area contributed by atoms with E-state index in [1.54, 1.807) is 0 Å². The van der Waals surface area contributed by atoms with Crippen LogP contribution in [0.4, 0.5) is 0 Å². The van der Waals surface area contributed by atoms with Gasteiger partial charge in [0.25, 0.3) is 6.72 Å². The van der Waals surface area contributed by atoms with Crippen LogP contribution in [0.5, 0.6) is 0 Å². The van der Waals surface area contributed by atoms with Crippen molar-refractivity contribution in [2.45, 2.75) is 90.9 Å². The van der Waals surface area contributed by atoms with Crippen molar-refractivity contribution in [1.82, 2.24) is 0 Å². The zero-order chi connectivity index (χ0) is 16.0. The molecule has 0 spiro atoms. The maximum atomic E-state index is 9.59. The van der Waals surface area contributed by atoms with Crippen LogP contribution in [-0.2, 0) is 29.6 Å². The number of rotatable bonds is 14. The second-order valence-electron chi connectivity index (χ2n) is 5.92. The maximum Gasteiger partial charge on any atom is 0.277 e.